The van der Waals surface area contributed by atoms with Gasteiger partial charge in [0.25, 0.3) is 10.0 Å². The van der Waals surface area contributed by atoms with Crippen molar-refractivity contribution in [1.82, 2.24) is 9.21 Å². The van der Waals surface area contributed by atoms with E-state index in [2.05, 4.69) is 6.92 Å². The molecule has 0 aliphatic carbocycles. The van der Waals surface area contributed by atoms with E-state index in [0.29, 0.717) is 18.1 Å². The molecular weight excluding hydrogens is 468 g/mol. The Bertz CT molecular complexity index is 769. The van der Waals surface area contributed by atoms with Gasteiger partial charge >= 0.3 is 6.03 Å². The van der Waals surface area contributed by atoms with Crippen LogP contribution >= 0.6 is 11.6 Å². The van der Waals surface area contributed by atoms with Crippen molar-refractivity contribution < 1.29 is 13.2 Å². The number of urea groups is 1. The van der Waals surface area contributed by atoms with Gasteiger partial charge in [-0.15, -0.1) is 0 Å². The summed E-state index contributed by atoms with van der Waals surface area (Å²) < 4.78 is 26.5. The van der Waals surface area contributed by atoms with E-state index in [0.717, 1.165) is 23.6 Å². The fourth-order valence-corrected chi connectivity index (χ4v) is 5.38. The summed E-state index contributed by atoms with van der Waals surface area (Å²) in [6, 6.07) is 5.43. The van der Waals surface area contributed by atoms with Crippen LogP contribution in [0.5, 0.6) is 0 Å². The summed E-state index contributed by atoms with van der Waals surface area (Å²) in [5.74, 6) is 0. The van der Waals surface area contributed by atoms with Crippen molar-refractivity contribution in [2.75, 3.05) is 20.1 Å². The summed E-state index contributed by atoms with van der Waals surface area (Å²) in [5.41, 5.74) is 0. The third-order valence-electron chi connectivity index (χ3n) is 6.29. The van der Waals surface area contributed by atoms with Crippen molar-refractivity contribution in [2.24, 2.45) is 0 Å². The molecule has 7 heteroatoms. The number of rotatable bonds is 19. The van der Waals surface area contributed by atoms with Gasteiger partial charge in [0, 0.05) is 25.2 Å². The highest BCUT2D eigenvalue weighted by atomic mass is 35.5. The number of nitrogens with zero attached hydrogens (tertiary/aromatic N) is 2. The number of sulfonamides is 1. The van der Waals surface area contributed by atoms with Gasteiger partial charge < -0.3 is 4.90 Å². The first-order valence-electron chi connectivity index (χ1n) is 13.4. The van der Waals surface area contributed by atoms with Crippen LogP contribution in [-0.4, -0.2) is 43.8 Å². The molecule has 5 nitrogen and oxygen atoms in total. The molecule has 0 heterocycles. The number of amides is 2. The number of benzene rings is 1. The van der Waals surface area contributed by atoms with E-state index in [-0.39, 0.29) is 4.90 Å². The molecule has 0 fully saturated rings. The molecule has 2 amide bonds. The minimum absolute atomic E-state index is 0.0701. The highest BCUT2D eigenvalue weighted by Crippen LogP contribution is 2.19. The quantitative estimate of drug-likeness (QED) is 0.174. The van der Waals surface area contributed by atoms with Crippen LogP contribution in [0.3, 0.4) is 0 Å². The average molecular weight is 515 g/mol. The summed E-state index contributed by atoms with van der Waals surface area (Å²) in [4.78, 5) is 14.7. The fourth-order valence-electron chi connectivity index (χ4n) is 4.14. The second-order valence-corrected chi connectivity index (χ2v) is 11.7. The lowest BCUT2D eigenvalue weighted by atomic mass is 10.0. The Balaban J connectivity index is 2.27. The van der Waals surface area contributed by atoms with Gasteiger partial charge in [-0.3, -0.25) is 0 Å². The zero-order chi connectivity index (χ0) is 25.2. The minimum atomic E-state index is -3.89. The summed E-state index contributed by atoms with van der Waals surface area (Å²) in [6.45, 7) is 5.40. The summed E-state index contributed by atoms with van der Waals surface area (Å²) in [5, 5.41) is 0.457. The first kappa shape index (κ1) is 30.8. The predicted octanol–water partition coefficient (Wildman–Crippen LogP) is 8.27. The molecule has 0 bridgehead atoms. The number of halogens is 1. The molecule has 34 heavy (non-hydrogen) atoms. The molecule has 0 aliphatic rings. The van der Waals surface area contributed by atoms with Crippen molar-refractivity contribution in [2.45, 2.75) is 115 Å². The topological polar surface area (TPSA) is 57.7 Å². The Labute approximate surface area is 214 Å². The number of hydrogen-bond acceptors (Lipinski definition) is 3. The van der Waals surface area contributed by atoms with Gasteiger partial charge in [-0.2, -0.15) is 0 Å². The first-order valence-corrected chi connectivity index (χ1v) is 15.2. The molecule has 0 aromatic heterocycles. The van der Waals surface area contributed by atoms with Crippen molar-refractivity contribution in [1.29, 1.82) is 0 Å². The van der Waals surface area contributed by atoms with Gasteiger partial charge in [0.15, 0.2) is 0 Å². The van der Waals surface area contributed by atoms with Crippen molar-refractivity contribution in [3.05, 3.63) is 29.3 Å². The normalized spacial score (nSPS) is 11.5. The smallest absolute Gasteiger partial charge is 0.324 e. The standard InChI is InChI=1S/C27H47ClN2O3S/c1-4-6-7-8-9-10-11-12-13-14-15-16-17-18-24-30(23-5-2)27(31)29(3)34(32,33)26-21-19-25(28)20-22-26/h19-22H,4-18,23-24H2,1-3H3. The molecule has 1 aromatic rings. The average Bonchev–Trinajstić information content (AvgIpc) is 2.82. The lowest BCUT2D eigenvalue weighted by molar-refractivity contribution is 0.181. The minimum Gasteiger partial charge on any atom is -0.324 e. The molecule has 0 spiro atoms. The maximum atomic E-state index is 12.9. The Morgan fingerprint density at radius 2 is 1.15 bits per heavy atom. The van der Waals surface area contributed by atoms with Crippen molar-refractivity contribution >= 4 is 27.7 Å². The first-order chi connectivity index (χ1) is 16.3. The second-order valence-electron chi connectivity index (χ2n) is 9.29. The Kier molecular flexibility index (Phi) is 16.3. The summed E-state index contributed by atoms with van der Waals surface area (Å²) in [7, 11) is -2.56. The molecule has 1 aromatic carbocycles. The molecule has 0 saturated heterocycles. The molecule has 196 valence electrons. The second kappa shape index (κ2) is 18.1. The van der Waals surface area contributed by atoms with Crippen LogP contribution in [-0.2, 0) is 10.0 Å². The molecule has 1 rings (SSSR count). The monoisotopic (exact) mass is 514 g/mol. The predicted molar refractivity (Wildman–Crippen MR) is 144 cm³/mol. The molecule has 0 N–H and O–H groups in total. The maximum absolute atomic E-state index is 12.9. The largest absolute Gasteiger partial charge is 0.333 e. The molecule has 0 unspecified atom stereocenters. The number of carbonyl (C=O) groups is 1. The lowest BCUT2D eigenvalue weighted by Gasteiger charge is -2.27. The van der Waals surface area contributed by atoms with E-state index in [9.17, 15) is 13.2 Å². The number of carbonyl (C=O) groups excluding carboxylic acids is 1. The van der Waals surface area contributed by atoms with Crippen LogP contribution in [0.1, 0.15) is 110 Å². The van der Waals surface area contributed by atoms with Crippen LogP contribution in [0.2, 0.25) is 5.02 Å². The Morgan fingerprint density at radius 1 is 0.706 bits per heavy atom. The van der Waals surface area contributed by atoms with Gasteiger partial charge in [-0.1, -0.05) is 109 Å². The van der Waals surface area contributed by atoms with Crippen molar-refractivity contribution in [3.8, 4) is 0 Å². The molecule has 0 atom stereocenters. The van der Waals surface area contributed by atoms with Gasteiger partial charge in [-0.05, 0) is 37.1 Å². The van der Waals surface area contributed by atoms with Crippen LogP contribution in [0.4, 0.5) is 4.79 Å². The zero-order valence-electron chi connectivity index (χ0n) is 21.7. The molecular formula is C27H47ClN2O3S. The molecule has 0 saturated carbocycles. The number of hydrogen-bond donors (Lipinski definition) is 0. The van der Waals surface area contributed by atoms with Crippen molar-refractivity contribution in [3.63, 3.8) is 0 Å². The summed E-state index contributed by atoms with van der Waals surface area (Å²) in [6.07, 6.45) is 18.8. The highest BCUT2D eigenvalue weighted by Gasteiger charge is 2.28. The van der Waals surface area contributed by atoms with E-state index in [4.69, 9.17) is 11.6 Å². The van der Waals surface area contributed by atoms with Gasteiger partial charge in [0.1, 0.15) is 0 Å². The van der Waals surface area contributed by atoms with E-state index in [1.165, 1.54) is 108 Å². The van der Waals surface area contributed by atoms with Crippen LogP contribution in [0.15, 0.2) is 29.2 Å². The van der Waals surface area contributed by atoms with E-state index in [1.807, 2.05) is 6.92 Å². The van der Waals surface area contributed by atoms with Gasteiger partial charge in [-0.25, -0.2) is 17.5 Å². The van der Waals surface area contributed by atoms with E-state index < -0.39 is 16.1 Å². The third kappa shape index (κ3) is 11.9. The maximum Gasteiger partial charge on any atom is 0.333 e. The van der Waals surface area contributed by atoms with E-state index in [1.54, 1.807) is 4.90 Å². The Morgan fingerprint density at radius 3 is 1.59 bits per heavy atom. The molecule has 0 aliphatic heterocycles. The molecule has 0 radical (unpaired) electrons. The van der Waals surface area contributed by atoms with Gasteiger partial charge in [0.2, 0.25) is 0 Å². The fraction of sp³-hybridized carbons (Fsp3) is 0.741. The summed E-state index contributed by atoms with van der Waals surface area (Å²) >= 11 is 5.86. The van der Waals surface area contributed by atoms with E-state index >= 15 is 0 Å². The zero-order valence-corrected chi connectivity index (χ0v) is 23.3. The highest BCUT2D eigenvalue weighted by molar-refractivity contribution is 7.89. The van der Waals surface area contributed by atoms with Crippen LogP contribution in [0.25, 0.3) is 0 Å². The SMILES string of the molecule is CCCCCCCCCCCCCCCCN(CCC)C(=O)N(C)S(=O)(=O)c1ccc(Cl)cc1. The Hall–Kier alpha value is -1.27. The third-order valence-corrected chi connectivity index (χ3v) is 8.28. The van der Waals surface area contributed by atoms with Crippen LogP contribution in [0, 0.1) is 0 Å². The van der Waals surface area contributed by atoms with Crippen LogP contribution < -0.4 is 0 Å². The lowest BCUT2D eigenvalue weighted by Crippen LogP contribution is -2.44. The number of unbranched alkanes of at least 4 members (excludes halogenated alkanes) is 13. The van der Waals surface area contributed by atoms with Gasteiger partial charge in [0.05, 0.1) is 4.90 Å².